The Bertz CT molecular complexity index is 976. The van der Waals surface area contributed by atoms with Gasteiger partial charge in [0.25, 0.3) is 0 Å². The van der Waals surface area contributed by atoms with Crippen molar-refractivity contribution in [3.8, 4) is 11.3 Å². The second kappa shape index (κ2) is 7.30. The van der Waals surface area contributed by atoms with Gasteiger partial charge in [0, 0.05) is 18.0 Å². The molecule has 24 heavy (non-hydrogen) atoms. The molecule has 0 spiro atoms. The number of rotatable bonds is 3. The molecule has 0 saturated heterocycles. The molecule has 3 nitrogen and oxygen atoms in total. The van der Waals surface area contributed by atoms with Gasteiger partial charge in [-0.15, -0.1) is 11.3 Å². The summed E-state index contributed by atoms with van der Waals surface area (Å²) in [6, 6.07) is 11.6. The standard InChI is InChI=1S/C17H12Cl2FN3S/c1-21-17-23(22-9-11-3-2-4-13(20)7-11)16(10-24-17)12-5-6-14(18)15(19)8-12/h2-10H,1H3. The molecule has 2 aromatic carbocycles. The van der Waals surface area contributed by atoms with Gasteiger partial charge in [-0.25, -0.2) is 9.07 Å². The monoisotopic (exact) mass is 379 g/mol. The minimum atomic E-state index is -0.306. The van der Waals surface area contributed by atoms with Crippen LogP contribution in [-0.4, -0.2) is 17.9 Å². The second-order valence-corrected chi connectivity index (χ2v) is 6.52. The van der Waals surface area contributed by atoms with Crippen LogP contribution in [0.3, 0.4) is 0 Å². The van der Waals surface area contributed by atoms with Gasteiger partial charge in [-0.3, -0.25) is 4.99 Å². The summed E-state index contributed by atoms with van der Waals surface area (Å²) in [5.41, 5.74) is 2.36. The van der Waals surface area contributed by atoms with Crippen molar-refractivity contribution >= 4 is 40.8 Å². The highest BCUT2D eigenvalue weighted by Gasteiger charge is 2.09. The van der Waals surface area contributed by atoms with E-state index in [9.17, 15) is 4.39 Å². The Morgan fingerprint density at radius 1 is 1.12 bits per heavy atom. The Hall–Kier alpha value is -1.95. The lowest BCUT2D eigenvalue weighted by Crippen LogP contribution is -2.11. The molecule has 0 bridgehead atoms. The van der Waals surface area contributed by atoms with E-state index in [-0.39, 0.29) is 5.82 Å². The smallest absolute Gasteiger partial charge is 0.205 e. The third-order valence-corrected chi connectivity index (χ3v) is 4.91. The highest BCUT2D eigenvalue weighted by molar-refractivity contribution is 7.07. The molecule has 0 unspecified atom stereocenters. The summed E-state index contributed by atoms with van der Waals surface area (Å²) in [5, 5.41) is 7.34. The van der Waals surface area contributed by atoms with Gasteiger partial charge in [-0.1, -0.05) is 41.4 Å². The fourth-order valence-corrected chi connectivity index (χ4v) is 3.23. The fraction of sp³-hybridized carbons (Fsp3) is 0.0588. The number of hydrogen-bond donors (Lipinski definition) is 0. The van der Waals surface area contributed by atoms with E-state index >= 15 is 0 Å². The summed E-state index contributed by atoms with van der Waals surface area (Å²) >= 11 is 13.5. The van der Waals surface area contributed by atoms with Gasteiger partial charge in [0.1, 0.15) is 5.82 Å². The Morgan fingerprint density at radius 2 is 1.96 bits per heavy atom. The van der Waals surface area contributed by atoms with Crippen LogP contribution in [0, 0.1) is 5.82 Å². The van der Waals surface area contributed by atoms with Crippen LogP contribution in [-0.2, 0) is 0 Å². The van der Waals surface area contributed by atoms with Gasteiger partial charge in [0.15, 0.2) is 0 Å². The highest BCUT2D eigenvalue weighted by Crippen LogP contribution is 2.28. The van der Waals surface area contributed by atoms with Crippen molar-refractivity contribution in [2.24, 2.45) is 10.1 Å². The minimum absolute atomic E-state index is 0.306. The van der Waals surface area contributed by atoms with Crippen molar-refractivity contribution in [2.75, 3.05) is 7.05 Å². The second-order valence-electron chi connectivity index (χ2n) is 4.87. The lowest BCUT2D eigenvalue weighted by Gasteiger charge is -2.05. The first-order valence-corrected chi connectivity index (χ1v) is 8.61. The first-order valence-electron chi connectivity index (χ1n) is 6.97. The Kier molecular flexibility index (Phi) is 5.14. The number of aromatic nitrogens is 1. The molecule has 0 aliphatic carbocycles. The van der Waals surface area contributed by atoms with Crippen molar-refractivity contribution in [3.63, 3.8) is 0 Å². The molecule has 1 aromatic heterocycles. The van der Waals surface area contributed by atoms with Crippen LogP contribution >= 0.6 is 34.5 Å². The van der Waals surface area contributed by atoms with Crippen LogP contribution in [0.1, 0.15) is 5.56 Å². The van der Waals surface area contributed by atoms with E-state index in [1.165, 1.54) is 23.5 Å². The Morgan fingerprint density at radius 3 is 2.67 bits per heavy atom. The van der Waals surface area contributed by atoms with Gasteiger partial charge in [0.05, 0.1) is 22.0 Å². The van der Waals surface area contributed by atoms with Gasteiger partial charge >= 0.3 is 0 Å². The Labute approximate surface area is 152 Å². The maximum absolute atomic E-state index is 13.3. The zero-order valence-corrected chi connectivity index (χ0v) is 14.9. The lowest BCUT2D eigenvalue weighted by molar-refractivity contribution is 0.627. The summed E-state index contributed by atoms with van der Waals surface area (Å²) in [6.45, 7) is 0. The molecule has 3 aromatic rings. The van der Waals surface area contributed by atoms with E-state index in [2.05, 4.69) is 10.1 Å². The van der Waals surface area contributed by atoms with E-state index in [0.29, 0.717) is 20.4 Å². The summed E-state index contributed by atoms with van der Waals surface area (Å²) in [6.07, 6.45) is 1.59. The van der Waals surface area contributed by atoms with E-state index in [4.69, 9.17) is 23.2 Å². The molecule has 0 fully saturated rings. The normalized spacial score (nSPS) is 12.2. The Balaban J connectivity index is 2.07. The third kappa shape index (κ3) is 3.59. The molecule has 122 valence electrons. The van der Waals surface area contributed by atoms with Crippen molar-refractivity contribution in [1.29, 1.82) is 0 Å². The number of thiazole rings is 1. The molecule has 7 heteroatoms. The number of nitrogens with zero attached hydrogens (tertiary/aromatic N) is 3. The van der Waals surface area contributed by atoms with Crippen LogP contribution < -0.4 is 4.80 Å². The summed E-state index contributed by atoms with van der Waals surface area (Å²) < 4.78 is 15.0. The average Bonchev–Trinajstić information content (AvgIpc) is 2.98. The van der Waals surface area contributed by atoms with Gasteiger partial charge < -0.3 is 0 Å². The first-order chi connectivity index (χ1) is 11.6. The molecule has 0 aliphatic rings. The maximum Gasteiger partial charge on any atom is 0.205 e. The minimum Gasteiger partial charge on any atom is -0.261 e. The van der Waals surface area contributed by atoms with E-state index in [1.54, 1.807) is 42.2 Å². The van der Waals surface area contributed by atoms with Crippen molar-refractivity contribution in [1.82, 2.24) is 4.68 Å². The van der Waals surface area contributed by atoms with Crippen LogP contribution in [0.5, 0.6) is 0 Å². The van der Waals surface area contributed by atoms with E-state index < -0.39 is 0 Å². The molecule has 0 atom stereocenters. The maximum atomic E-state index is 13.3. The molecule has 0 aliphatic heterocycles. The van der Waals surface area contributed by atoms with Crippen molar-refractivity contribution < 1.29 is 4.39 Å². The summed E-state index contributed by atoms with van der Waals surface area (Å²) in [7, 11) is 1.69. The predicted octanol–water partition coefficient (Wildman–Crippen LogP) is 5.08. The van der Waals surface area contributed by atoms with Gasteiger partial charge in [0.2, 0.25) is 4.80 Å². The largest absolute Gasteiger partial charge is 0.261 e. The molecular weight excluding hydrogens is 368 g/mol. The molecule has 0 amide bonds. The van der Waals surface area contributed by atoms with Crippen molar-refractivity contribution in [3.05, 3.63) is 74.1 Å². The van der Waals surface area contributed by atoms with Crippen molar-refractivity contribution in [2.45, 2.75) is 0 Å². The number of halogens is 3. The van der Waals surface area contributed by atoms with Crippen LogP contribution in [0.2, 0.25) is 10.0 Å². The van der Waals surface area contributed by atoms with E-state index in [0.717, 1.165) is 11.3 Å². The molecule has 1 heterocycles. The molecular formula is C17H12Cl2FN3S. The highest BCUT2D eigenvalue weighted by atomic mass is 35.5. The van der Waals surface area contributed by atoms with Crippen LogP contribution in [0.4, 0.5) is 4.39 Å². The molecule has 0 N–H and O–H groups in total. The van der Waals surface area contributed by atoms with Crippen LogP contribution in [0.25, 0.3) is 11.3 Å². The lowest BCUT2D eigenvalue weighted by atomic mass is 10.2. The quantitative estimate of drug-likeness (QED) is 0.568. The van der Waals surface area contributed by atoms with Crippen LogP contribution in [0.15, 0.2) is 57.9 Å². The predicted molar refractivity (Wildman–Crippen MR) is 98.6 cm³/mol. The molecule has 3 rings (SSSR count). The molecule has 0 radical (unpaired) electrons. The van der Waals surface area contributed by atoms with Gasteiger partial charge in [-0.2, -0.15) is 5.10 Å². The first kappa shape index (κ1) is 16.9. The fourth-order valence-electron chi connectivity index (χ4n) is 2.13. The zero-order valence-electron chi connectivity index (χ0n) is 12.6. The zero-order chi connectivity index (χ0) is 17.1. The average molecular weight is 380 g/mol. The van der Waals surface area contributed by atoms with E-state index in [1.807, 2.05) is 11.4 Å². The summed E-state index contributed by atoms with van der Waals surface area (Å²) in [4.78, 5) is 4.93. The number of benzene rings is 2. The summed E-state index contributed by atoms with van der Waals surface area (Å²) in [5.74, 6) is -0.306. The third-order valence-electron chi connectivity index (χ3n) is 3.26. The SMILES string of the molecule is CN=c1scc(-c2ccc(Cl)c(Cl)c2)n1N=Cc1cccc(F)c1. The number of hydrogen-bond acceptors (Lipinski definition) is 3. The topological polar surface area (TPSA) is 29.6 Å². The molecule has 0 saturated carbocycles. The van der Waals surface area contributed by atoms with Gasteiger partial charge in [-0.05, 0) is 29.8 Å².